The fourth-order valence-corrected chi connectivity index (χ4v) is 3.36. The number of hydrogen-bond acceptors (Lipinski definition) is 5. The van der Waals surface area contributed by atoms with Gasteiger partial charge in [0.25, 0.3) is 0 Å². The lowest BCUT2D eigenvalue weighted by molar-refractivity contribution is 0.207. The van der Waals surface area contributed by atoms with Gasteiger partial charge in [0, 0.05) is 25.2 Å². The van der Waals surface area contributed by atoms with Gasteiger partial charge in [-0.25, -0.2) is 4.99 Å². The van der Waals surface area contributed by atoms with Gasteiger partial charge in [0.05, 0.1) is 26.3 Å². The highest BCUT2D eigenvalue weighted by molar-refractivity contribution is 14.0. The van der Waals surface area contributed by atoms with Crippen molar-refractivity contribution in [3.05, 3.63) is 35.4 Å². The molecule has 9 heteroatoms. The zero-order valence-corrected chi connectivity index (χ0v) is 20.6. The predicted octanol–water partition coefficient (Wildman–Crippen LogP) is 3.33. The molecule has 0 bridgehead atoms. The summed E-state index contributed by atoms with van der Waals surface area (Å²) in [5.74, 6) is 4.14. The van der Waals surface area contributed by atoms with Crippen molar-refractivity contribution in [2.24, 2.45) is 12.0 Å². The second kappa shape index (κ2) is 12.0. The number of ether oxygens (including phenoxy) is 2. The third kappa shape index (κ3) is 6.48. The minimum atomic E-state index is 0. The smallest absolute Gasteiger partial charge is 0.191 e. The topological polar surface area (TPSA) is 85.6 Å². The van der Waals surface area contributed by atoms with Crippen LogP contribution in [0.3, 0.4) is 0 Å². The first-order valence-corrected chi connectivity index (χ1v) is 10.3. The van der Waals surface area contributed by atoms with Crippen LogP contribution < -0.4 is 20.1 Å². The van der Waals surface area contributed by atoms with E-state index in [0.29, 0.717) is 13.1 Å². The van der Waals surface area contributed by atoms with E-state index in [1.807, 2.05) is 43.7 Å². The molecule has 0 spiro atoms. The van der Waals surface area contributed by atoms with Crippen LogP contribution in [-0.2, 0) is 20.1 Å². The molecule has 0 saturated heterocycles. The number of aromatic nitrogens is 3. The molecule has 8 nitrogen and oxygen atoms in total. The highest BCUT2D eigenvalue weighted by Crippen LogP contribution is 2.30. The lowest BCUT2D eigenvalue weighted by Crippen LogP contribution is -2.37. The molecule has 1 aromatic heterocycles. The van der Waals surface area contributed by atoms with E-state index < -0.39 is 0 Å². The number of aliphatic imine (C=N–C) groups is 1. The average Bonchev–Trinajstić information content (AvgIpc) is 3.35. The highest BCUT2D eigenvalue weighted by atomic mass is 127. The molecule has 0 unspecified atom stereocenters. The van der Waals surface area contributed by atoms with Crippen molar-refractivity contribution < 1.29 is 9.47 Å². The van der Waals surface area contributed by atoms with Crippen LogP contribution in [0.1, 0.15) is 49.8 Å². The molecule has 0 aliphatic heterocycles. The van der Waals surface area contributed by atoms with Crippen molar-refractivity contribution in [3.8, 4) is 11.5 Å². The van der Waals surface area contributed by atoms with Crippen molar-refractivity contribution in [1.29, 1.82) is 0 Å². The highest BCUT2D eigenvalue weighted by Gasteiger charge is 2.18. The first kappa shape index (κ1) is 24.2. The van der Waals surface area contributed by atoms with E-state index in [0.717, 1.165) is 54.1 Å². The van der Waals surface area contributed by atoms with E-state index in [1.165, 1.54) is 12.8 Å². The first-order valence-electron chi connectivity index (χ1n) is 10.3. The van der Waals surface area contributed by atoms with E-state index in [-0.39, 0.29) is 30.1 Å². The molecule has 1 heterocycles. The molecule has 0 amide bonds. The van der Waals surface area contributed by atoms with Crippen LogP contribution in [-0.4, -0.2) is 40.5 Å². The number of halogens is 1. The van der Waals surface area contributed by atoms with Crippen LogP contribution in [0, 0.1) is 6.92 Å². The summed E-state index contributed by atoms with van der Waals surface area (Å²) in [6, 6.07) is 5.95. The number of rotatable bonds is 8. The summed E-state index contributed by atoms with van der Waals surface area (Å²) < 4.78 is 13.6. The van der Waals surface area contributed by atoms with Gasteiger partial charge in [-0.1, -0.05) is 0 Å². The second-order valence-electron chi connectivity index (χ2n) is 7.27. The molecule has 166 valence electrons. The summed E-state index contributed by atoms with van der Waals surface area (Å²) in [7, 11) is 3.63. The second-order valence-corrected chi connectivity index (χ2v) is 7.27. The van der Waals surface area contributed by atoms with Gasteiger partial charge in [0.1, 0.15) is 17.3 Å². The van der Waals surface area contributed by atoms with E-state index in [9.17, 15) is 0 Å². The molecule has 1 saturated carbocycles. The van der Waals surface area contributed by atoms with Crippen molar-refractivity contribution in [1.82, 2.24) is 25.4 Å². The standard InChI is InChI=1S/C21H32N6O2.HI/c1-5-22-21(24-14-20-26-25-15(2)27(20)3)23-13-16-10-11-18(28-4)12-19(16)29-17-8-6-7-9-17;/h10-12,17H,5-9,13-14H2,1-4H3,(H2,22,23,24);1H. The maximum absolute atomic E-state index is 6.28. The third-order valence-electron chi connectivity index (χ3n) is 5.22. The zero-order chi connectivity index (χ0) is 20.6. The van der Waals surface area contributed by atoms with Gasteiger partial charge in [-0.3, -0.25) is 0 Å². The number of nitrogens with zero attached hydrogens (tertiary/aromatic N) is 4. The van der Waals surface area contributed by atoms with Crippen molar-refractivity contribution in [3.63, 3.8) is 0 Å². The van der Waals surface area contributed by atoms with Gasteiger partial charge in [-0.05, 0) is 51.7 Å². The van der Waals surface area contributed by atoms with Crippen molar-refractivity contribution >= 4 is 29.9 Å². The molecule has 1 fully saturated rings. The SMILES string of the molecule is CCNC(=NCc1ccc(OC)cc1OC1CCCC1)NCc1nnc(C)n1C.I. The number of aryl methyl sites for hydroxylation is 1. The van der Waals surface area contributed by atoms with E-state index in [1.54, 1.807) is 7.11 Å². The molecule has 2 N–H and O–H groups in total. The summed E-state index contributed by atoms with van der Waals surface area (Å²) in [6.07, 6.45) is 4.98. The quantitative estimate of drug-likeness (QED) is 0.311. The van der Waals surface area contributed by atoms with Crippen LogP contribution >= 0.6 is 24.0 Å². The molecule has 30 heavy (non-hydrogen) atoms. The monoisotopic (exact) mass is 528 g/mol. The first-order chi connectivity index (χ1) is 14.1. The van der Waals surface area contributed by atoms with Crippen LogP contribution in [0.4, 0.5) is 0 Å². The lowest BCUT2D eigenvalue weighted by Gasteiger charge is -2.17. The van der Waals surface area contributed by atoms with Gasteiger partial charge in [0.15, 0.2) is 11.8 Å². The molecule has 2 aromatic rings. The largest absolute Gasteiger partial charge is 0.497 e. The minimum Gasteiger partial charge on any atom is -0.497 e. The van der Waals surface area contributed by atoms with Crippen LogP contribution in [0.25, 0.3) is 0 Å². The summed E-state index contributed by atoms with van der Waals surface area (Å²) in [5, 5.41) is 14.9. The Kier molecular flexibility index (Phi) is 9.67. The maximum Gasteiger partial charge on any atom is 0.191 e. The Morgan fingerprint density at radius 3 is 2.63 bits per heavy atom. The van der Waals surface area contributed by atoms with Gasteiger partial charge >= 0.3 is 0 Å². The van der Waals surface area contributed by atoms with Crippen LogP contribution in [0.15, 0.2) is 23.2 Å². The fraction of sp³-hybridized carbons (Fsp3) is 0.571. The average molecular weight is 528 g/mol. The Morgan fingerprint density at radius 1 is 1.23 bits per heavy atom. The van der Waals surface area contributed by atoms with Crippen molar-refractivity contribution in [2.45, 2.75) is 58.7 Å². The van der Waals surface area contributed by atoms with Gasteiger partial charge in [-0.2, -0.15) is 0 Å². The van der Waals surface area contributed by atoms with Gasteiger partial charge < -0.3 is 24.7 Å². The van der Waals surface area contributed by atoms with Gasteiger partial charge in [-0.15, -0.1) is 34.2 Å². The number of hydrogen-bond donors (Lipinski definition) is 2. The third-order valence-corrected chi connectivity index (χ3v) is 5.22. The number of benzene rings is 1. The van der Waals surface area contributed by atoms with Gasteiger partial charge in [0.2, 0.25) is 0 Å². The summed E-state index contributed by atoms with van der Waals surface area (Å²) in [6.45, 7) is 5.82. The molecular formula is C21H33IN6O2. The van der Waals surface area contributed by atoms with E-state index in [4.69, 9.17) is 14.5 Å². The Hall–Kier alpha value is -2.04. The Balaban J connectivity index is 0.00000320. The number of nitrogens with one attached hydrogen (secondary N) is 2. The lowest BCUT2D eigenvalue weighted by atomic mass is 10.2. The maximum atomic E-state index is 6.28. The predicted molar refractivity (Wildman–Crippen MR) is 129 cm³/mol. The Bertz CT molecular complexity index is 833. The molecule has 1 aliphatic carbocycles. The van der Waals surface area contributed by atoms with E-state index >= 15 is 0 Å². The van der Waals surface area contributed by atoms with Crippen LogP contribution in [0.2, 0.25) is 0 Å². The normalized spacial score (nSPS) is 14.3. The van der Waals surface area contributed by atoms with Crippen LogP contribution in [0.5, 0.6) is 11.5 Å². The Labute approximate surface area is 195 Å². The molecule has 0 atom stereocenters. The molecule has 0 radical (unpaired) electrons. The van der Waals surface area contributed by atoms with E-state index in [2.05, 4.69) is 20.8 Å². The summed E-state index contributed by atoms with van der Waals surface area (Å²) in [5.41, 5.74) is 1.05. The molecular weight excluding hydrogens is 495 g/mol. The summed E-state index contributed by atoms with van der Waals surface area (Å²) in [4.78, 5) is 4.74. The zero-order valence-electron chi connectivity index (χ0n) is 18.3. The number of guanidine groups is 1. The van der Waals surface area contributed by atoms with Crippen molar-refractivity contribution in [2.75, 3.05) is 13.7 Å². The number of methoxy groups -OCH3 is 1. The molecule has 1 aliphatic rings. The molecule has 3 rings (SSSR count). The summed E-state index contributed by atoms with van der Waals surface area (Å²) >= 11 is 0. The minimum absolute atomic E-state index is 0. The Morgan fingerprint density at radius 2 is 2.00 bits per heavy atom. The molecule has 1 aromatic carbocycles. The fourth-order valence-electron chi connectivity index (χ4n) is 3.36.